The first-order valence-corrected chi connectivity index (χ1v) is 5.61. The van der Waals surface area contributed by atoms with Crippen molar-refractivity contribution in [2.75, 3.05) is 24.3 Å². The summed E-state index contributed by atoms with van der Waals surface area (Å²) in [6, 6.07) is 2.39. The van der Waals surface area contributed by atoms with Crippen molar-refractivity contribution in [3.8, 4) is 0 Å². The summed E-state index contributed by atoms with van der Waals surface area (Å²) in [5, 5.41) is 3.01. The van der Waals surface area contributed by atoms with Gasteiger partial charge in [-0.15, -0.1) is 0 Å². The van der Waals surface area contributed by atoms with E-state index in [2.05, 4.69) is 5.32 Å². The number of benzene rings is 1. The molecular weight excluding hydrogens is 226 g/mol. The Labute approximate surface area is 98.9 Å². The lowest BCUT2D eigenvalue weighted by molar-refractivity contribution is 0.0657. The van der Waals surface area contributed by atoms with Crippen molar-refractivity contribution >= 4 is 11.4 Å². The Hall–Kier alpha value is -1.36. The lowest BCUT2D eigenvalue weighted by Crippen LogP contribution is -2.41. The average molecular weight is 242 g/mol. The van der Waals surface area contributed by atoms with Gasteiger partial charge in [0.1, 0.15) is 0 Å². The molecule has 5 heteroatoms. The molecule has 94 valence electrons. The highest BCUT2D eigenvalue weighted by Gasteiger charge is 2.29. The van der Waals surface area contributed by atoms with Crippen molar-refractivity contribution in [2.24, 2.45) is 0 Å². The Morgan fingerprint density at radius 1 is 1.29 bits per heavy atom. The molecule has 1 heterocycles. The quantitative estimate of drug-likeness (QED) is 0.783. The Morgan fingerprint density at radius 3 is 2.59 bits per heavy atom. The molecule has 1 fully saturated rings. The summed E-state index contributed by atoms with van der Waals surface area (Å²) in [4.78, 5) is 0. The zero-order valence-corrected chi connectivity index (χ0v) is 9.72. The first-order valence-electron chi connectivity index (χ1n) is 5.61. The van der Waals surface area contributed by atoms with Gasteiger partial charge in [0.05, 0.1) is 11.4 Å². The van der Waals surface area contributed by atoms with Crippen LogP contribution in [-0.4, -0.2) is 18.8 Å². The van der Waals surface area contributed by atoms with Crippen molar-refractivity contribution in [1.82, 2.24) is 0 Å². The second kappa shape index (κ2) is 4.49. The number of halogens is 2. The van der Waals surface area contributed by atoms with Crippen LogP contribution in [0.3, 0.4) is 0 Å². The Bertz CT molecular complexity index is 417. The SMILES string of the molecule is CC1(Nc2c(N)ccc(F)c2F)CCOCC1. The average Bonchev–Trinajstić information content (AvgIpc) is 2.31. The number of hydrogen-bond acceptors (Lipinski definition) is 3. The number of ether oxygens (including phenoxy) is 1. The fraction of sp³-hybridized carbons (Fsp3) is 0.500. The molecule has 0 bridgehead atoms. The van der Waals surface area contributed by atoms with Gasteiger partial charge in [-0.3, -0.25) is 0 Å². The van der Waals surface area contributed by atoms with Gasteiger partial charge in [-0.25, -0.2) is 8.78 Å². The van der Waals surface area contributed by atoms with Gasteiger partial charge in [-0.05, 0) is 31.9 Å². The third-order valence-corrected chi connectivity index (χ3v) is 3.15. The molecule has 0 radical (unpaired) electrons. The molecule has 0 aromatic heterocycles. The molecule has 3 nitrogen and oxygen atoms in total. The van der Waals surface area contributed by atoms with Crippen LogP contribution in [0.5, 0.6) is 0 Å². The minimum absolute atomic E-state index is 0.0504. The van der Waals surface area contributed by atoms with Crippen LogP contribution >= 0.6 is 0 Å². The van der Waals surface area contributed by atoms with Crippen LogP contribution in [0, 0.1) is 11.6 Å². The molecule has 2 rings (SSSR count). The molecule has 1 aromatic rings. The van der Waals surface area contributed by atoms with Crippen LogP contribution in [0.15, 0.2) is 12.1 Å². The van der Waals surface area contributed by atoms with Gasteiger partial charge < -0.3 is 15.8 Å². The molecule has 0 unspecified atom stereocenters. The number of nitrogens with two attached hydrogens (primary N) is 1. The Morgan fingerprint density at radius 2 is 1.94 bits per heavy atom. The third-order valence-electron chi connectivity index (χ3n) is 3.15. The molecule has 1 saturated heterocycles. The first-order chi connectivity index (χ1) is 8.02. The maximum absolute atomic E-state index is 13.6. The van der Waals surface area contributed by atoms with E-state index in [-0.39, 0.29) is 16.9 Å². The van der Waals surface area contributed by atoms with Gasteiger partial charge in [-0.1, -0.05) is 0 Å². The largest absolute Gasteiger partial charge is 0.397 e. The smallest absolute Gasteiger partial charge is 0.183 e. The van der Waals surface area contributed by atoms with E-state index in [9.17, 15) is 8.78 Å². The van der Waals surface area contributed by atoms with Gasteiger partial charge in [0.25, 0.3) is 0 Å². The van der Waals surface area contributed by atoms with Crippen LogP contribution in [0.25, 0.3) is 0 Å². The van der Waals surface area contributed by atoms with Gasteiger partial charge in [-0.2, -0.15) is 0 Å². The van der Waals surface area contributed by atoms with E-state index in [1.54, 1.807) is 0 Å². The molecule has 0 aliphatic carbocycles. The molecule has 1 aliphatic heterocycles. The van der Waals surface area contributed by atoms with Crippen molar-refractivity contribution in [2.45, 2.75) is 25.3 Å². The highest BCUT2D eigenvalue weighted by atomic mass is 19.2. The minimum Gasteiger partial charge on any atom is -0.397 e. The molecule has 0 atom stereocenters. The minimum atomic E-state index is -0.919. The standard InChI is InChI=1S/C12H16F2N2O/c1-12(4-6-17-7-5-12)16-11-9(15)3-2-8(13)10(11)14/h2-3,16H,4-7,15H2,1H3. The van der Waals surface area contributed by atoms with Gasteiger partial charge in [0, 0.05) is 18.8 Å². The van der Waals surface area contributed by atoms with Crippen LogP contribution in [0.1, 0.15) is 19.8 Å². The monoisotopic (exact) mass is 242 g/mol. The maximum atomic E-state index is 13.6. The molecular formula is C12H16F2N2O. The zero-order chi connectivity index (χ0) is 12.5. The summed E-state index contributed by atoms with van der Waals surface area (Å²) >= 11 is 0. The van der Waals surface area contributed by atoms with E-state index < -0.39 is 11.6 Å². The predicted octanol–water partition coefficient (Wildman–Crippen LogP) is 2.53. The molecule has 3 N–H and O–H groups in total. The number of anilines is 2. The number of nitrogen functional groups attached to an aromatic ring is 1. The van der Waals surface area contributed by atoms with Crippen LogP contribution in [0.4, 0.5) is 20.2 Å². The van der Waals surface area contributed by atoms with Crippen molar-refractivity contribution in [3.05, 3.63) is 23.8 Å². The van der Waals surface area contributed by atoms with Crippen LogP contribution in [0.2, 0.25) is 0 Å². The molecule has 1 aromatic carbocycles. The predicted molar refractivity (Wildman–Crippen MR) is 62.9 cm³/mol. The Kier molecular flexibility index (Phi) is 3.19. The lowest BCUT2D eigenvalue weighted by atomic mass is 9.92. The lowest BCUT2D eigenvalue weighted by Gasteiger charge is -2.35. The van der Waals surface area contributed by atoms with E-state index in [1.807, 2.05) is 6.92 Å². The summed E-state index contributed by atoms with van der Waals surface area (Å²) in [6.07, 6.45) is 1.48. The summed E-state index contributed by atoms with van der Waals surface area (Å²) < 4.78 is 32.0. The summed E-state index contributed by atoms with van der Waals surface area (Å²) in [5.74, 6) is -1.81. The van der Waals surface area contributed by atoms with Crippen molar-refractivity contribution in [1.29, 1.82) is 0 Å². The number of rotatable bonds is 2. The van der Waals surface area contributed by atoms with E-state index in [0.29, 0.717) is 13.2 Å². The van der Waals surface area contributed by atoms with Gasteiger partial charge in [0.2, 0.25) is 0 Å². The van der Waals surface area contributed by atoms with E-state index >= 15 is 0 Å². The highest BCUT2D eigenvalue weighted by Crippen LogP contribution is 2.31. The third kappa shape index (κ3) is 2.49. The fourth-order valence-corrected chi connectivity index (χ4v) is 1.94. The molecule has 17 heavy (non-hydrogen) atoms. The fourth-order valence-electron chi connectivity index (χ4n) is 1.94. The molecule has 0 spiro atoms. The zero-order valence-electron chi connectivity index (χ0n) is 9.72. The van der Waals surface area contributed by atoms with Crippen molar-refractivity contribution < 1.29 is 13.5 Å². The van der Waals surface area contributed by atoms with Crippen LogP contribution in [-0.2, 0) is 4.74 Å². The van der Waals surface area contributed by atoms with E-state index in [4.69, 9.17) is 10.5 Å². The molecule has 0 amide bonds. The number of nitrogens with one attached hydrogen (secondary N) is 1. The van der Waals surface area contributed by atoms with Gasteiger partial charge in [0.15, 0.2) is 11.6 Å². The second-order valence-corrected chi connectivity index (χ2v) is 4.62. The molecule has 1 aliphatic rings. The topological polar surface area (TPSA) is 47.3 Å². The number of hydrogen-bond donors (Lipinski definition) is 2. The van der Waals surface area contributed by atoms with Crippen LogP contribution < -0.4 is 11.1 Å². The Balaban J connectivity index is 2.26. The second-order valence-electron chi connectivity index (χ2n) is 4.62. The summed E-state index contributed by atoms with van der Waals surface area (Å²) in [5.41, 5.74) is 5.63. The van der Waals surface area contributed by atoms with E-state index in [1.165, 1.54) is 6.07 Å². The van der Waals surface area contributed by atoms with Crippen molar-refractivity contribution in [3.63, 3.8) is 0 Å². The summed E-state index contributed by atoms with van der Waals surface area (Å²) in [6.45, 7) is 3.18. The first kappa shape index (κ1) is 12.1. The van der Waals surface area contributed by atoms with Gasteiger partial charge >= 0.3 is 0 Å². The van der Waals surface area contributed by atoms with E-state index in [0.717, 1.165) is 18.9 Å². The molecule has 0 saturated carbocycles. The summed E-state index contributed by atoms with van der Waals surface area (Å²) in [7, 11) is 0. The maximum Gasteiger partial charge on any atom is 0.183 e. The highest BCUT2D eigenvalue weighted by molar-refractivity contribution is 5.67. The normalized spacial score (nSPS) is 19.0.